The number of hydrogen-bond donors (Lipinski definition) is 2. The topological polar surface area (TPSA) is 27.3 Å². The van der Waals surface area contributed by atoms with Crippen molar-refractivity contribution in [2.75, 3.05) is 38.5 Å². The molecule has 2 rings (SSSR count). The van der Waals surface area contributed by atoms with Crippen molar-refractivity contribution in [2.45, 2.75) is 19.9 Å². The average Bonchev–Trinajstić information content (AvgIpc) is 2.30. The molecule has 17 heavy (non-hydrogen) atoms. The number of piperazine rings is 1. The van der Waals surface area contributed by atoms with Crippen LogP contribution in [0.4, 0.5) is 5.69 Å². The van der Waals surface area contributed by atoms with E-state index in [-0.39, 0.29) is 0 Å². The van der Waals surface area contributed by atoms with Gasteiger partial charge < -0.3 is 10.6 Å². The van der Waals surface area contributed by atoms with E-state index in [0.717, 1.165) is 26.2 Å². The van der Waals surface area contributed by atoms with Gasteiger partial charge in [-0.2, -0.15) is 0 Å². The fourth-order valence-corrected chi connectivity index (χ4v) is 2.40. The molecule has 0 amide bonds. The van der Waals surface area contributed by atoms with Crippen LogP contribution in [0.1, 0.15) is 11.1 Å². The largest absolute Gasteiger partial charge is 0.383 e. The molecule has 1 aliphatic rings. The quantitative estimate of drug-likeness (QED) is 0.831. The van der Waals surface area contributed by atoms with Gasteiger partial charge in [0.05, 0.1) is 0 Å². The Morgan fingerprint density at radius 1 is 1.35 bits per heavy atom. The monoisotopic (exact) mass is 233 g/mol. The molecule has 0 aromatic heterocycles. The zero-order chi connectivity index (χ0) is 12.3. The van der Waals surface area contributed by atoms with Gasteiger partial charge in [-0.05, 0) is 32.0 Å². The molecule has 1 fully saturated rings. The molecule has 94 valence electrons. The van der Waals surface area contributed by atoms with Crippen molar-refractivity contribution in [1.82, 2.24) is 10.2 Å². The Balaban J connectivity index is 1.97. The molecule has 0 spiro atoms. The van der Waals surface area contributed by atoms with Crippen molar-refractivity contribution in [3.05, 3.63) is 29.3 Å². The first-order chi connectivity index (χ1) is 8.18. The summed E-state index contributed by atoms with van der Waals surface area (Å²) in [7, 11) is 2.21. The normalized spacial score (nSPS) is 21.5. The summed E-state index contributed by atoms with van der Waals surface area (Å²) in [6.07, 6.45) is 0. The Kier molecular flexibility index (Phi) is 4.02. The lowest BCUT2D eigenvalue weighted by atomic mass is 10.1. The van der Waals surface area contributed by atoms with Crippen LogP contribution in [0.2, 0.25) is 0 Å². The fourth-order valence-electron chi connectivity index (χ4n) is 2.40. The van der Waals surface area contributed by atoms with Crippen LogP contribution in [-0.2, 0) is 0 Å². The van der Waals surface area contributed by atoms with E-state index in [0.29, 0.717) is 6.04 Å². The third-order valence-corrected chi connectivity index (χ3v) is 3.64. The SMILES string of the molecule is Cc1cccc(C)c1NCC1CNCCN1C. The molecule has 1 aromatic rings. The van der Waals surface area contributed by atoms with Crippen LogP contribution in [-0.4, -0.2) is 44.2 Å². The lowest BCUT2D eigenvalue weighted by Crippen LogP contribution is -2.52. The molecular formula is C14H23N3. The summed E-state index contributed by atoms with van der Waals surface area (Å²) in [6, 6.07) is 7.03. The summed E-state index contributed by atoms with van der Waals surface area (Å²) in [5, 5.41) is 7.05. The van der Waals surface area contributed by atoms with Gasteiger partial charge in [0.1, 0.15) is 0 Å². The number of benzene rings is 1. The number of rotatable bonds is 3. The molecule has 0 aliphatic carbocycles. The van der Waals surface area contributed by atoms with E-state index in [1.807, 2.05) is 0 Å². The first kappa shape index (κ1) is 12.4. The highest BCUT2D eigenvalue weighted by atomic mass is 15.2. The van der Waals surface area contributed by atoms with Crippen molar-refractivity contribution in [3.63, 3.8) is 0 Å². The number of anilines is 1. The number of aryl methyl sites for hydroxylation is 2. The summed E-state index contributed by atoms with van der Waals surface area (Å²) in [5.41, 5.74) is 3.96. The number of likely N-dealkylation sites (N-methyl/N-ethyl adjacent to an activating group) is 1. The van der Waals surface area contributed by atoms with Crippen LogP contribution in [0.3, 0.4) is 0 Å². The molecule has 0 bridgehead atoms. The maximum Gasteiger partial charge on any atom is 0.0400 e. The highest BCUT2D eigenvalue weighted by Gasteiger charge is 2.18. The molecule has 1 saturated heterocycles. The van der Waals surface area contributed by atoms with E-state index >= 15 is 0 Å². The van der Waals surface area contributed by atoms with Gasteiger partial charge in [-0.3, -0.25) is 4.90 Å². The Bertz CT molecular complexity index is 355. The van der Waals surface area contributed by atoms with Gasteiger partial charge >= 0.3 is 0 Å². The number of nitrogens with one attached hydrogen (secondary N) is 2. The Hall–Kier alpha value is -1.06. The Labute approximate surface area is 104 Å². The third kappa shape index (κ3) is 2.99. The first-order valence-electron chi connectivity index (χ1n) is 6.39. The second kappa shape index (κ2) is 5.52. The molecular weight excluding hydrogens is 210 g/mol. The molecule has 1 heterocycles. The molecule has 2 N–H and O–H groups in total. The van der Waals surface area contributed by atoms with Crippen LogP contribution in [0.5, 0.6) is 0 Å². The van der Waals surface area contributed by atoms with Crippen LogP contribution >= 0.6 is 0 Å². The number of nitrogens with zero attached hydrogens (tertiary/aromatic N) is 1. The highest BCUT2D eigenvalue weighted by molar-refractivity contribution is 5.56. The van der Waals surface area contributed by atoms with Crippen LogP contribution in [0.15, 0.2) is 18.2 Å². The molecule has 0 radical (unpaired) electrons. The molecule has 0 saturated carbocycles. The summed E-state index contributed by atoms with van der Waals surface area (Å²) < 4.78 is 0. The van der Waals surface area contributed by atoms with Gasteiger partial charge in [-0.25, -0.2) is 0 Å². The Morgan fingerprint density at radius 3 is 2.71 bits per heavy atom. The molecule has 1 unspecified atom stereocenters. The van der Waals surface area contributed by atoms with Crippen molar-refractivity contribution in [3.8, 4) is 0 Å². The highest BCUT2D eigenvalue weighted by Crippen LogP contribution is 2.19. The Morgan fingerprint density at radius 2 is 2.06 bits per heavy atom. The number of para-hydroxylation sites is 1. The van der Waals surface area contributed by atoms with E-state index in [2.05, 4.69) is 54.6 Å². The van der Waals surface area contributed by atoms with E-state index in [4.69, 9.17) is 0 Å². The summed E-state index contributed by atoms with van der Waals surface area (Å²) in [6.45, 7) is 8.66. The molecule has 1 aliphatic heterocycles. The minimum Gasteiger partial charge on any atom is -0.383 e. The van der Waals surface area contributed by atoms with Gasteiger partial charge in [0.25, 0.3) is 0 Å². The fraction of sp³-hybridized carbons (Fsp3) is 0.571. The zero-order valence-corrected chi connectivity index (χ0v) is 11.1. The lowest BCUT2D eigenvalue weighted by molar-refractivity contribution is 0.209. The predicted molar refractivity (Wildman–Crippen MR) is 73.7 cm³/mol. The van der Waals surface area contributed by atoms with Crippen molar-refractivity contribution in [2.24, 2.45) is 0 Å². The van der Waals surface area contributed by atoms with Crippen LogP contribution < -0.4 is 10.6 Å². The van der Waals surface area contributed by atoms with Crippen molar-refractivity contribution in [1.29, 1.82) is 0 Å². The third-order valence-electron chi connectivity index (χ3n) is 3.64. The van der Waals surface area contributed by atoms with E-state index in [1.54, 1.807) is 0 Å². The van der Waals surface area contributed by atoms with Crippen molar-refractivity contribution < 1.29 is 0 Å². The predicted octanol–water partition coefficient (Wildman–Crippen LogP) is 1.62. The number of hydrogen-bond acceptors (Lipinski definition) is 3. The summed E-state index contributed by atoms with van der Waals surface area (Å²) >= 11 is 0. The molecule has 1 atom stereocenters. The summed E-state index contributed by atoms with van der Waals surface area (Å²) in [4.78, 5) is 2.43. The minimum atomic E-state index is 0.586. The molecule has 3 nitrogen and oxygen atoms in total. The van der Waals surface area contributed by atoms with Crippen molar-refractivity contribution >= 4 is 5.69 Å². The molecule has 1 aromatic carbocycles. The first-order valence-corrected chi connectivity index (χ1v) is 6.39. The van der Waals surface area contributed by atoms with Gasteiger partial charge in [0, 0.05) is 37.9 Å². The maximum absolute atomic E-state index is 3.60. The van der Waals surface area contributed by atoms with E-state index in [9.17, 15) is 0 Å². The molecule has 3 heteroatoms. The zero-order valence-electron chi connectivity index (χ0n) is 11.1. The minimum absolute atomic E-state index is 0.586. The van der Waals surface area contributed by atoms with E-state index in [1.165, 1.54) is 16.8 Å². The van der Waals surface area contributed by atoms with Crippen LogP contribution in [0.25, 0.3) is 0 Å². The smallest absolute Gasteiger partial charge is 0.0400 e. The maximum atomic E-state index is 3.60. The summed E-state index contributed by atoms with van der Waals surface area (Å²) in [5.74, 6) is 0. The second-order valence-corrected chi connectivity index (χ2v) is 4.99. The van der Waals surface area contributed by atoms with Gasteiger partial charge in [-0.1, -0.05) is 18.2 Å². The van der Waals surface area contributed by atoms with Crippen LogP contribution in [0, 0.1) is 13.8 Å². The standard InChI is InChI=1S/C14H23N3/c1-11-5-4-6-12(2)14(11)16-10-13-9-15-7-8-17(13)3/h4-6,13,15-16H,7-10H2,1-3H3. The lowest BCUT2D eigenvalue weighted by Gasteiger charge is -2.33. The second-order valence-electron chi connectivity index (χ2n) is 4.99. The van der Waals surface area contributed by atoms with E-state index < -0.39 is 0 Å². The van der Waals surface area contributed by atoms with Gasteiger partial charge in [0.15, 0.2) is 0 Å². The van der Waals surface area contributed by atoms with Gasteiger partial charge in [-0.15, -0.1) is 0 Å². The van der Waals surface area contributed by atoms with Gasteiger partial charge in [0.2, 0.25) is 0 Å². The average molecular weight is 233 g/mol.